The zero-order valence-electron chi connectivity index (χ0n) is 15.2. The first-order valence-corrected chi connectivity index (χ1v) is 10.4. The number of nitrogens with zero attached hydrogens (tertiary/aromatic N) is 1. The van der Waals surface area contributed by atoms with Crippen molar-refractivity contribution >= 4 is 21.4 Å². The average Bonchev–Trinajstić information content (AvgIpc) is 3.16. The molecule has 0 aliphatic carbocycles. The molecule has 8 heteroatoms. The van der Waals surface area contributed by atoms with Crippen molar-refractivity contribution in [1.29, 1.82) is 0 Å². The van der Waals surface area contributed by atoms with Crippen LogP contribution in [0.3, 0.4) is 0 Å². The number of hydrogen-bond donors (Lipinski definition) is 1. The molecule has 0 spiro atoms. The van der Waals surface area contributed by atoms with Crippen molar-refractivity contribution in [3.05, 3.63) is 66.4 Å². The Labute approximate surface area is 162 Å². The minimum Gasteiger partial charge on any atom is -0.441 e. The number of hydrogen-bond acceptors (Lipinski definition) is 5. The number of aryl methyl sites for hydroxylation is 1. The molecule has 6 nitrogen and oxygen atoms in total. The number of carbonyl (C=O) groups is 1. The second-order valence-electron chi connectivity index (χ2n) is 6.10. The molecule has 1 heterocycles. The van der Waals surface area contributed by atoms with E-state index in [2.05, 4.69) is 10.3 Å². The fraction of sp³-hybridized carbons (Fsp3) is 0.200. The van der Waals surface area contributed by atoms with Crippen molar-refractivity contribution in [3.8, 4) is 11.3 Å². The Hall–Kier alpha value is -3.00. The summed E-state index contributed by atoms with van der Waals surface area (Å²) in [6.07, 6.45) is 1.92. The first kappa shape index (κ1) is 19.8. The van der Waals surface area contributed by atoms with Crippen LogP contribution in [0, 0.1) is 5.82 Å². The number of nitrogens with one attached hydrogen (secondary N) is 1. The first-order chi connectivity index (χ1) is 13.4. The minimum absolute atomic E-state index is 0.00898. The molecular formula is C20H19FN2O4S. The smallest absolute Gasteiger partial charge is 0.224 e. The molecule has 0 bridgehead atoms. The summed E-state index contributed by atoms with van der Waals surface area (Å²) < 4.78 is 42.4. The Morgan fingerprint density at radius 3 is 2.64 bits per heavy atom. The van der Waals surface area contributed by atoms with E-state index in [0.717, 1.165) is 0 Å². The van der Waals surface area contributed by atoms with E-state index in [1.807, 2.05) is 0 Å². The van der Waals surface area contributed by atoms with Gasteiger partial charge in [-0.2, -0.15) is 0 Å². The number of sulfone groups is 1. The van der Waals surface area contributed by atoms with Gasteiger partial charge >= 0.3 is 0 Å². The molecule has 0 saturated carbocycles. The molecule has 3 aromatic rings. The summed E-state index contributed by atoms with van der Waals surface area (Å²) in [6, 6.07) is 12.0. The predicted molar refractivity (Wildman–Crippen MR) is 103 cm³/mol. The highest BCUT2D eigenvalue weighted by atomic mass is 32.2. The van der Waals surface area contributed by atoms with Gasteiger partial charge in [0, 0.05) is 24.1 Å². The molecule has 2 aromatic carbocycles. The van der Waals surface area contributed by atoms with Gasteiger partial charge in [0.15, 0.2) is 21.5 Å². The minimum atomic E-state index is -3.34. The Morgan fingerprint density at radius 1 is 1.18 bits per heavy atom. The quantitative estimate of drug-likeness (QED) is 0.648. The van der Waals surface area contributed by atoms with Gasteiger partial charge in [-0.05, 0) is 42.5 Å². The molecule has 0 aliphatic heterocycles. The average molecular weight is 402 g/mol. The van der Waals surface area contributed by atoms with E-state index in [1.165, 1.54) is 30.5 Å². The van der Waals surface area contributed by atoms with E-state index < -0.39 is 9.84 Å². The third-order valence-corrected chi connectivity index (χ3v) is 5.84. The molecule has 1 N–H and O–H groups in total. The molecule has 0 radical (unpaired) electrons. The molecule has 0 unspecified atom stereocenters. The van der Waals surface area contributed by atoms with Gasteiger partial charge in [0.2, 0.25) is 5.91 Å². The summed E-state index contributed by atoms with van der Waals surface area (Å²) in [5.74, 6) is 0.249. The molecule has 0 aliphatic rings. The van der Waals surface area contributed by atoms with Gasteiger partial charge in [-0.1, -0.05) is 13.0 Å². The van der Waals surface area contributed by atoms with Gasteiger partial charge in [-0.3, -0.25) is 4.79 Å². The number of oxazole rings is 1. The van der Waals surface area contributed by atoms with Gasteiger partial charge in [0.25, 0.3) is 0 Å². The summed E-state index contributed by atoms with van der Waals surface area (Å²) >= 11 is 0. The fourth-order valence-electron chi connectivity index (χ4n) is 2.55. The lowest BCUT2D eigenvalue weighted by Gasteiger charge is -2.07. The van der Waals surface area contributed by atoms with Crippen molar-refractivity contribution in [3.63, 3.8) is 0 Å². The molecule has 146 valence electrons. The van der Waals surface area contributed by atoms with Crippen LogP contribution in [0.1, 0.15) is 19.2 Å². The SMILES string of the molecule is CCS(=O)(=O)c1cccc(NC(=O)CCc2ncc(-c3ccc(F)cc3)o2)c1. The Kier molecular flexibility index (Phi) is 5.89. The van der Waals surface area contributed by atoms with Crippen LogP contribution in [0.25, 0.3) is 11.3 Å². The van der Waals surface area contributed by atoms with E-state index in [4.69, 9.17) is 4.42 Å². The standard InChI is InChI=1S/C20H19FN2O4S/c1-2-28(25,26)17-5-3-4-16(12-17)23-19(24)10-11-20-22-13-18(27-20)14-6-8-15(21)9-7-14/h3-9,12-13H,2,10-11H2,1H3,(H,23,24). The van der Waals surface area contributed by atoms with Crippen molar-refractivity contribution in [2.45, 2.75) is 24.7 Å². The first-order valence-electron chi connectivity index (χ1n) is 8.70. The zero-order valence-corrected chi connectivity index (χ0v) is 16.0. The second-order valence-corrected chi connectivity index (χ2v) is 8.38. The van der Waals surface area contributed by atoms with Crippen LogP contribution in [0.4, 0.5) is 10.1 Å². The maximum absolute atomic E-state index is 13.0. The van der Waals surface area contributed by atoms with Crippen molar-refractivity contribution in [2.24, 2.45) is 0 Å². The van der Waals surface area contributed by atoms with Crippen molar-refractivity contribution < 1.29 is 22.0 Å². The predicted octanol–water partition coefficient (Wildman–Crippen LogP) is 3.85. The van der Waals surface area contributed by atoms with Crippen LogP contribution in [-0.2, 0) is 21.1 Å². The summed E-state index contributed by atoms with van der Waals surface area (Å²) in [5.41, 5.74) is 1.11. The van der Waals surface area contributed by atoms with Crippen LogP contribution in [-0.4, -0.2) is 25.1 Å². The monoisotopic (exact) mass is 402 g/mol. The molecule has 0 atom stereocenters. The maximum Gasteiger partial charge on any atom is 0.224 e. The van der Waals surface area contributed by atoms with Crippen molar-refractivity contribution in [1.82, 2.24) is 4.98 Å². The van der Waals surface area contributed by atoms with Crippen LogP contribution in [0.5, 0.6) is 0 Å². The lowest BCUT2D eigenvalue weighted by atomic mass is 10.2. The normalized spacial score (nSPS) is 11.4. The molecule has 3 rings (SSSR count). The summed E-state index contributed by atoms with van der Waals surface area (Å²) in [7, 11) is -3.34. The zero-order chi connectivity index (χ0) is 20.1. The summed E-state index contributed by atoms with van der Waals surface area (Å²) in [5, 5.41) is 2.68. The molecular weight excluding hydrogens is 383 g/mol. The van der Waals surface area contributed by atoms with Gasteiger partial charge in [0.1, 0.15) is 5.82 Å². The van der Waals surface area contributed by atoms with Crippen LogP contribution >= 0.6 is 0 Å². The Morgan fingerprint density at radius 2 is 1.93 bits per heavy atom. The van der Waals surface area contributed by atoms with Gasteiger partial charge < -0.3 is 9.73 Å². The van der Waals surface area contributed by atoms with Crippen LogP contribution in [0.15, 0.2) is 64.0 Å². The Balaban J connectivity index is 1.59. The lowest BCUT2D eigenvalue weighted by molar-refractivity contribution is -0.116. The van der Waals surface area contributed by atoms with E-state index in [-0.39, 0.29) is 35.2 Å². The molecule has 1 aromatic heterocycles. The van der Waals surface area contributed by atoms with E-state index in [9.17, 15) is 17.6 Å². The van der Waals surface area contributed by atoms with E-state index >= 15 is 0 Å². The maximum atomic E-state index is 13.0. The van der Waals surface area contributed by atoms with Gasteiger partial charge in [-0.25, -0.2) is 17.8 Å². The molecule has 0 saturated heterocycles. The topological polar surface area (TPSA) is 89.3 Å². The number of halogens is 1. The highest BCUT2D eigenvalue weighted by Crippen LogP contribution is 2.21. The number of anilines is 1. The third-order valence-electron chi connectivity index (χ3n) is 4.11. The number of rotatable bonds is 7. The van der Waals surface area contributed by atoms with Crippen molar-refractivity contribution in [2.75, 3.05) is 11.1 Å². The second kappa shape index (κ2) is 8.35. The third kappa shape index (κ3) is 4.83. The molecule has 28 heavy (non-hydrogen) atoms. The Bertz CT molecular complexity index is 1080. The summed E-state index contributed by atoms with van der Waals surface area (Å²) in [4.78, 5) is 16.5. The lowest BCUT2D eigenvalue weighted by Crippen LogP contribution is -2.13. The van der Waals surface area contributed by atoms with E-state index in [0.29, 0.717) is 22.9 Å². The number of carbonyl (C=O) groups excluding carboxylic acids is 1. The van der Waals surface area contributed by atoms with Gasteiger partial charge in [-0.15, -0.1) is 0 Å². The van der Waals surface area contributed by atoms with Gasteiger partial charge in [0.05, 0.1) is 16.8 Å². The number of aromatic nitrogens is 1. The van der Waals surface area contributed by atoms with Crippen LogP contribution < -0.4 is 5.32 Å². The summed E-state index contributed by atoms with van der Waals surface area (Å²) in [6.45, 7) is 1.57. The highest BCUT2D eigenvalue weighted by molar-refractivity contribution is 7.91. The number of benzene rings is 2. The largest absolute Gasteiger partial charge is 0.441 e. The fourth-order valence-corrected chi connectivity index (χ4v) is 3.48. The highest BCUT2D eigenvalue weighted by Gasteiger charge is 2.13. The molecule has 0 fully saturated rings. The molecule has 1 amide bonds. The van der Waals surface area contributed by atoms with E-state index in [1.54, 1.807) is 31.2 Å². The van der Waals surface area contributed by atoms with Crippen LogP contribution in [0.2, 0.25) is 0 Å². The number of amides is 1.